The quantitative estimate of drug-likeness (QED) is 0.830. The molecule has 1 saturated heterocycles. The first-order valence-electron chi connectivity index (χ1n) is 6.85. The van der Waals surface area contributed by atoms with Crippen LogP contribution in [0.5, 0.6) is 0 Å². The van der Waals surface area contributed by atoms with Crippen LogP contribution in [0.2, 0.25) is 0 Å². The number of amides is 1. The third-order valence-electron chi connectivity index (χ3n) is 3.25. The number of ether oxygens (including phenoxy) is 1. The van der Waals surface area contributed by atoms with E-state index in [2.05, 4.69) is 0 Å². The van der Waals surface area contributed by atoms with Crippen molar-refractivity contribution < 1.29 is 17.9 Å². The first kappa shape index (κ1) is 16.3. The minimum absolute atomic E-state index is 0.122. The molecule has 1 fully saturated rings. The monoisotopic (exact) mass is 322 g/mol. The standard InChI is InChI=1S/C15H18N2O4S/c1-15(2,3)21-14(18)17-9-13(10-17)22(19,20)12-6-4-11(8-16)5-7-12/h4-7,13H,9-10H2,1-3H3. The van der Waals surface area contributed by atoms with Crippen molar-refractivity contribution in [3.05, 3.63) is 29.8 Å². The van der Waals surface area contributed by atoms with Gasteiger partial charge < -0.3 is 9.64 Å². The van der Waals surface area contributed by atoms with Gasteiger partial charge >= 0.3 is 6.09 Å². The molecule has 0 aromatic heterocycles. The molecule has 1 aromatic carbocycles. The number of carbonyl (C=O) groups excluding carboxylic acids is 1. The van der Waals surface area contributed by atoms with E-state index in [1.165, 1.54) is 29.2 Å². The summed E-state index contributed by atoms with van der Waals surface area (Å²) in [5, 5.41) is 8.10. The minimum Gasteiger partial charge on any atom is -0.444 e. The number of hydrogen-bond acceptors (Lipinski definition) is 5. The van der Waals surface area contributed by atoms with Crippen LogP contribution in [-0.4, -0.2) is 43.4 Å². The summed E-state index contributed by atoms with van der Waals surface area (Å²) >= 11 is 0. The first-order chi connectivity index (χ1) is 10.1. The van der Waals surface area contributed by atoms with Crippen molar-refractivity contribution in [2.75, 3.05) is 13.1 Å². The Hall–Kier alpha value is -2.07. The molecule has 22 heavy (non-hydrogen) atoms. The van der Waals surface area contributed by atoms with Crippen LogP contribution in [0.25, 0.3) is 0 Å². The number of sulfone groups is 1. The molecule has 0 atom stereocenters. The van der Waals surface area contributed by atoms with Crippen molar-refractivity contribution in [2.24, 2.45) is 0 Å². The second-order valence-corrected chi connectivity index (χ2v) is 8.42. The third-order valence-corrected chi connectivity index (χ3v) is 5.36. The SMILES string of the molecule is CC(C)(C)OC(=O)N1CC(S(=O)(=O)c2ccc(C#N)cc2)C1. The third kappa shape index (κ3) is 3.39. The Morgan fingerprint density at radius 1 is 1.27 bits per heavy atom. The van der Waals surface area contributed by atoms with Crippen LogP contribution < -0.4 is 0 Å². The van der Waals surface area contributed by atoms with Gasteiger partial charge in [-0.3, -0.25) is 0 Å². The average Bonchev–Trinajstić information content (AvgIpc) is 2.34. The van der Waals surface area contributed by atoms with E-state index in [0.29, 0.717) is 5.56 Å². The summed E-state index contributed by atoms with van der Waals surface area (Å²) in [6.07, 6.45) is -0.501. The molecule has 0 unspecified atom stereocenters. The van der Waals surface area contributed by atoms with Gasteiger partial charge in [0.2, 0.25) is 0 Å². The molecule has 1 aliphatic heterocycles. The fraction of sp³-hybridized carbons (Fsp3) is 0.467. The molecular formula is C15H18N2O4S. The second kappa shape index (κ2) is 5.61. The highest BCUT2D eigenvalue weighted by Crippen LogP contribution is 2.25. The number of nitriles is 1. The molecule has 1 amide bonds. The van der Waals surface area contributed by atoms with Gasteiger partial charge in [0.05, 0.1) is 16.5 Å². The van der Waals surface area contributed by atoms with E-state index in [-0.39, 0.29) is 18.0 Å². The molecule has 0 saturated carbocycles. The maximum absolute atomic E-state index is 12.4. The number of hydrogen-bond donors (Lipinski definition) is 0. The number of benzene rings is 1. The molecule has 0 bridgehead atoms. The lowest BCUT2D eigenvalue weighted by Gasteiger charge is -2.39. The molecule has 1 aliphatic rings. The predicted octanol–water partition coefficient (Wildman–Crippen LogP) is 1.95. The summed E-state index contributed by atoms with van der Waals surface area (Å²) in [7, 11) is -3.50. The van der Waals surface area contributed by atoms with E-state index in [1.54, 1.807) is 20.8 Å². The van der Waals surface area contributed by atoms with E-state index < -0.39 is 26.8 Å². The van der Waals surface area contributed by atoms with E-state index in [0.717, 1.165) is 0 Å². The molecular weight excluding hydrogens is 304 g/mol. The van der Waals surface area contributed by atoms with E-state index in [4.69, 9.17) is 10.00 Å². The molecule has 6 nitrogen and oxygen atoms in total. The first-order valence-corrected chi connectivity index (χ1v) is 8.40. The largest absolute Gasteiger partial charge is 0.444 e. The molecule has 1 heterocycles. The predicted molar refractivity (Wildman–Crippen MR) is 79.9 cm³/mol. The highest BCUT2D eigenvalue weighted by atomic mass is 32.2. The fourth-order valence-electron chi connectivity index (χ4n) is 2.02. The van der Waals surface area contributed by atoms with Gasteiger partial charge in [-0.15, -0.1) is 0 Å². The zero-order valence-electron chi connectivity index (χ0n) is 12.7. The molecule has 0 N–H and O–H groups in total. The maximum atomic E-state index is 12.4. The summed E-state index contributed by atoms with van der Waals surface area (Å²) < 4.78 is 30.0. The summed E-state index contributed by atoms with van der Waals surface area (Å²) in [6, 6.07) is 7.72. The number of carbonyl (C=O) groups is 1. The van der Waals surface area contributed by atoms with Crippen LogP contribution >= 0.6 is 0 Å². The van der Waals surface area contributed by atoms with Gasteiger partial charge in [0.25, 0.3) is 0 Å². The van der Waals surface area contributed by atoms with Gasteiger partial charge in [-0.2, -0.15) is 5.26 Å². The van der Waals surface area contributed by atoms with Crippen LogP contribution in [0.1, 0.15) is 26.3 Å². The Morgan fingerprint density at radius 2 is 1.82 bits per heavy atom. The van der Waals surface area contributed by atoms with E-state index >= 15 is 0 Å². The van der Waals surface area contributed by atoms with Crippen molar-refractivity contribution in [3.8, 4) is 6.07 Å². The highest BCUT2D eigenvalue weighted by molar-refractivity contribution is 7.92. The zero-order chi connectivity index (χ0) is 16.5. The smallest absolute Gasteiger partial charge is 0.410 e. The molecule has 0 radical (unpaired) electrons. The topological polar surface area (TPSA) is 87.5 Å². The second-order valence-electron chi connectivity index (χ2n) is 6.19. The van der Waals surface area contributed by atoms with Crippen LogP contribution in [-0.2, 0) is 14.6 Å². The Balaban J connectivity index is 2.02. The minimum atomic E-state index is -3.50. The average molecular weight is 322 g/mol. The van der Waals surface area contributed by atoms with Gasteiger partial charge in [-0.25, -0.2) is 13.2 Å². The summed E-state index contributed by atoms with van der Waals surface area (Å²) in [5.41, 5.74) is -0.198. The Bertz CT molecular complexity index is 705. The fourth-order valence-corrected chi connectivity index (χ4v) is 3.67. The van der Waals surface area contributed by atoms with Gasteiger partial charge in [-0.05, 0) is 45.0 Å². The number of nitrogens with zero attached hydrogens (tertiary/aromatic N) is 2. The molecule has 118 valence electrons. The summed E-state index contributed by atoms with van der Waals surface area (Å²) in [4.78, 5) is 13.3. The Labute approximate surface area is 130 Å². The number of rotatable bonds is 2. The van der Waals surface area contributed by atoms with Crippen molar-refractivity contribution in [2.45, 2.75) is 36.5 Å². The van der Waals surface area contributed by atoms with Gasteiger partial charge in [0, 0.05) is 13.1 Å². The van der Waals surface area contributed by atoms with Crippen LogP contribution in [0, 0.1) is 11.3 Å². The van der Waals surface area contributed by atoms with Crippen molar-refractivity contribution in [1.29, 1.82) is 5.26 Å². The lowest BCUT2D eigenvalue weighted by atomic mass is 10.2. The lowest BCUT2D eigenvalue weighted by Crippen LogP contribution is -2.57. The molecule has 2 rings (SSSR count). The van der Waals surface area contributed by atoms with Crippen molar-refractivity contribution >= 4 is 15.9 Å². The molecule has 0 aliphatic carbocycles. The van der Waals surface area contributed by atoms with Crippen molar-refractivity contribution in [1.82, 2.24) is 4.90 Å². The van der Waals surface area contributed by atoms with E-state index in [9.17, 15) is 13.2 Å². The number of likely N-dealkylation sites (tertiary alicyclic amines) is 1. The van der Waals surface area contributed by atoms with Crippen LogP contribution in [0.3, 0.4) is 0 Å². The normalized spacial score (nSPS) is 15.8. The maximum Gasteiger partial charge on any atom is 0.410 e. The van der Waals surface area contributed by atoms with Crippen molar-refractivity contribution in [3.63, 3.8) is 0 Å². The Kier molecular flexibility index (Phi) is 4.16. The van der Waals surface area contributed by atoms with Crippen LogP contribution in [0.4, 0.5) is 4.79 Å². The molecule has 1 aromatic rings. The van der Waals surface area contributed by atoms with Gasteiger partial charge in [-0.1, -0.05) is 0 Å². The zero-order valence-corrected chi connectivity index (χ0v) is 13.6. The van der Waals surface area contributed by atoms with Gasteiger partial charge in [0.1, 0.15) is 10.9 Å². The van der Waals surface area contributed by atoms with Crippen LogP contribution in [0.15, 0.2) is 29.2 Å². The summed E-state index contributed by atoms with van der Waals surface area (Å²) in [5.74, 6) is 0. The molecule has 0 spiro atoms. The highest BCUT2D eigenvalue weighted by Gasteiger charge is 2.42. The molecule has 7 heteroatoms. The van der Waals surface area contributed by atoms with Gasteiger partial charge in [0.15, 0.2) is 9.84 Å². The lowest BCUT2D eigenvalue weighted by molar-refractivity contribution is 0.0139. The van der Waals surface area contributed by atoms with E-state index in [1.807, 2.05) is 6.07 Å². The Morgan fingerprint density at radius 3 is 2.27 bits per heavy atom. The summed E-state index contributed by atoms with van der Waals surface area (Å²) in [6.45, 7) is 5.52.